The maximum absolute atomic E-state index is 12.8. The zero-order valence-electron chi connectivity index (χ0n) is 15.6. The summed E-state index contributed by atoms with van der Waals surface area (Å²) in [5.74, 6) is 0.363. The number of hydrogen-bond acceptors (Lipinski definition) is 6. The Morgan fingerprint density at radius 1 is 1.32 bits per heavy atom. The van der Waals surface area contributed by atoms with Gasteiger partial charge in [0.15, 0.2) is 0 Å². The number of fused-ring (bicyclic) bond motifs is 3. The Morgan fingerprint density at radius 3 is 2.82 bits per heavy atom. The van der Waals surface area contributed by atoms with Crippen LogP contribution in [0, 0.1) is 6.92 Å². The zero-order chi connectivity index (χ0) is 20.0. The van der Waals surface area contributed by atoms with Gasteiger partial charge in [0.25, 0.3) is 5.56 Å². The third-order valence-corrected chi connectivity index (χ3v) is 5.03. The fourth-order valence-corrected chi connectivity index (χ4v) is 3.84. The molecule has 4 rings (SSSR count). The summed E-state index contributed by atoms with van der Waals surface area (Å²) < 4.78 is 9.18. The second-order valence-electron chi connectivity index (χ2n) is 6.48. The molecular weight excluding hydrogens is 426 g/mol. The van der Waals surface area contributed by atoms with Crippen LogP contribution in [0.1, 0.15) is 31.1 Å². The quantitative estimate of drug-likeness (QED) is 0.625. The summed E-state index contributed by atoms with van der Waals surface area (Å²) in [5, 5.41) is 7.50. The summed E-state index contributed by atoms with van der Waals surface area (Å²) >= 11 is 3.49. The summed E-state index contributed by atoms with van der Waals surface area (Å²) in [4.78, 5) is 29.8. The highest BCUT2D eigenvalue weighted by molar-refractivity contribution is 9.10. The molecule has 0 bridgehead atoms. The van der Waals surface area contributed by atoms with Gasteiger partial charge in [-0.15, -0.1) is 5.10 Å². The van der Waals surface area contributed by atoms with Crippen LogP contribution in [0.2, 0.25) is 0 Å². The van der Waals surface area contributed by atoms with Crippen molar-refractivity contribution < 1.29 is 9.53 Å². The molecule has 1 unspecified atom stereocenters. The van der Waals surface area contributed by atoms with E-state index in [-0.39, 0.29) is 12.2 Å². The normalized spacial score (nSPS) is 16.1. The van der Waals surface area contributed by atoms with E-state index in [0.717, 1.165) is 10.0 Å². The Morgan fingerprint density at radius 2 is 2.11 bits per heavy atom. The van der Waals surface area contributed by atoms with E-state index in [1.807, 2.05) is 24.3 Å². The van der Waals surface area contributed by atoms with Crippen molar-refractivity contribution in [2.24, 2.45) is 0 Å². The van der Waals surface area contributed by atoms with Gasteiger partial charge < -0.3 is 10.1 Å². The number of benzene rings is 1. The Hall–Kier alpha value is -2.94. The van der Waals surface area contributed by atoms with Crippen molar-refractivity contribution in [1.82, 2.24) is 19.2 Å². The van der Waals surface area contributed by atoms with E-state index in [9.17, 15) is 9.59 Å². The molecule has 0 amide bonds. The molecule has 1 aromatic carbocycles. The maximum Gasteiger partial charge on any atom is 0.338 e. The molecule has 0 saturated carbocycles. The number of carbonyl (C=O) groups excluding carboxylic acids is 1. The number of nitrogens with one attached hydrogen (secondary N) is 1. The van der Waals surface area contributed by atoms with Gasteiger partial charge in [0.05, 0.1) is 18.2 Å². The van der Waals surface area contributed by atoms with Gasteiger partial charge in [-0.05, 0) is 38.5 Å². The molecule has 2 aromatic heterocycles. The average molecular weight is 444 g/mol. The Labute approximate surface area is 169 Å². The molecule has 144 valence electrons. The van der Waals surface area contributed by atoms with Gasteiger partial charge in [-0.2, -0.15) is 4.52 Å². The number of hydrogen-bond donors (Lipinski definition) is 1. The fraction of sp³-hybridized carbons (Fsp3) is 0.263. The molecule has 0 fully saturated rings. The first-order valence-corrected chi connectivity index (χ1v) is 9.59. The molecule has 28 heavy (non-hydrogen) atoms. The Kier molecular flexibility index (Phi) is 4.54. The second kappa shape index (κ2) is 6.90. The minimum atomic E-state index is -0.543. The molecular formula is C19H18BrN5O3. The summed E-state index contributed by atoms with van der Waals surface area (Å²) in [7, 11) is 0. The van der Waals surface area contributed by atoms with Crippen LogP contribution in [-0.2, 0) is 9.53 Å². The maximum atomic E-state index is 12.8. The van der Waals surface area contributed by atoms with Crippen LogP contribution >= 0.6 is 15.9 Å². The SMILES string of the molecule is CCOC(=O)C1=C(C)Nc2nn3c(=O)cc(C)nc3n2C1c1cccc(Br)c1. The molecule has 8 nitrogen and oxygen atoms in total. The number of aryl methyl sites for hydroxylation is 1. The molecule has 3 heterocycles. The molecule has 1 N–H and O–H groups in total. The van der Waals surface area contributed by atoms with Crippen molar-refractivity contribution in [3.63, 3.8) is 0 Å². The molecule has 1 atom stereocenters. The smallest absolute Gasteiger partial charge is 0.338 e. The predicted octanol–water partition coefficient (Wildman–Crippen LogP) is 2.81. The second-order valence-corrected chi connectivity index (χ2v) is 7.40. The molecule has 0 radical (unpaired) electrons. The lowest BCUT2D eigenvalue weighted by molar-refractivity contribution is -0.139. The zero-order valence-corrected chi connectivity index (χ0v) is 17.1. The number of halogens is 1. The number of esters is 1. The summed E-state index contributed by atoms with van der Waals surface area (Å²) in [6.07, 6.45) is 0. The third-order valence-electron chi connectivity index (χ3n) is 4.54. The summed E-state index contributed by atoms with van der Waals surface area (Å²) in [6.45, 7) is 5.57. The van der Waals surface area contributed by atoms with E-state index >= 15 is 0 Å². The highest BCUT2D eigenvalue weighted by Gasteiger charge is 2.36. The van der Waals surface area contributed by atoms with E-state index in [0.29, 0.717) is 28.7 Å². The number of allylic oxidation sites excluding steroid dienone is 1. The van der Waals surface area contributed by atoms with Crippen molar-refractivity contribution in [2.45, 2.75) is 26.8 Å². The average Bonchev–Trinajstić information content (AvgIpc) is 2.99. The van der Waals surface area contributed by atoms with Crippen molar-refractivity contribution >= 4 is 33.6 Å². The van der Waals surface area contributed by atoms with Crippen LogP contribution < -0.4 is 10.9 Å². The van der Waals surface area contributed by atoms with E-state index in [1.165, 1.54) is 10.6 Å². The minimum absolute atomic E-state index is 0.259. The van der Waals surface area contributed by atoms with Crippen LogP contribution in [0.15, 0.2) is 50.9 Å². The fourth-order valence-electron chi connectivity index (χ4n) is 3.42. The van der Waals surface area contributed by atoms with Gasteiger partial charge in [0, 0.05) is 21.9 Å². The van der Waals surface area contributed by atoms with Gasteiger partial charge in [-0.3, -0.25) is 9.36 Å². The highest BCUT2D eigenvalue weighted by atomic mass is 79.9. The summed E-state index contributed by atoms with van der Waals surface area (Å²) in [6, 6.07) is 8.53. The molecule has 0 saturated heterocycles. The number of rotatable bonds is 3. The lowest BCUT2D eigenvalue weighted by Crippen LogP contribution is -2.29. The van der Waals surface area contributed by atoms with Crippen molar-refractivity contribution in [1.29, 1.82) is 0 Å². The number of nitrogens with zero attached hydrogens (tertiary/aromatic N) is 4. The standard InChI is InChI=1S/C19H18BrN5O3/c1-4-28-17(27)15-11(3)22-18-23-25-14(26)8-10(2)21-19(25)24(18)16(15)12-6-5-7-13(20)9-12/h5-9,16H,4H2,1-3H3,(H,22,23). The topological polar surface area (TPSA) is 90.5 Å². The molecule has 0 aliphatic carbocycles. The number of aromatic nitrogens is 4. The first-order valence-electron chi connectivity index (χ1n) is 8.80. The van der Waals surface area contributed by atoms with Gasteiger partial charge in [0.1, 0.15) is 0 Å². The first-order chi connectivity index (χ1) is 13.4. The van der Waals surface area contributed by atoms with Gasteiger partial charge >= 0.3 is 5.97 Å². The van der Waals surface area contributed by atoms with Gasteiger partial charge in [-0.1, -0.05) is 28.1 Å². The third kappa shape index (κ3) is 2.91. The number of anilines is 1. The Balaban J connectivity index is 2.05. The minimum Gasteiger partial charge on any atom is -0.463 e. The number of ether oxygens (including phenoxy) is 1. The molecule has 0 spiro atoms. The molecule has 1 aliphatic heterocycles. The van der Waals surface area contributed by atoms with E-state index in [4.69, 9.17) is 4.74 Å². The van der Waals surface area contributed by atoms with Crippen molar-refractivity contribution in [2.75, 3.05) is 11.9 Å². The van der Waals surface area contributed by atoms with Crippen LogP contribution in [-0.4, -0.2) is 31.7 Å². The van der Waals surface area contributed by atoms with E-state index < -0.39 is 12.0 Å². The lowest BCUT2D eigenvalue weighted by Gasteiger charge is -2.29. The predicted molar refractivity (Wildman–Crippen MR) is 107 cm³/mol. The Bertz CT molecular complexity index is 1190. The largest absolute Gasteiger partial charge is 0.463 e. The van der Waals surface area contributed by atoms with Crippen LogP contribution in [0.5, 0.6) is 0 Å². The monoisotopic (exact) mass is 443 g/mol. The van der Waals surface area contributed by atoms with Crippen molar-refractivity contribution in [3.05, 3.63) is 67.7 Å². The molecule has 3 aromatic rings. The first kappa shape index (κ1) is 18.4. The molecule has 9 heteroatoms. The summed E-state index contributed by atoms with van der Waals surface area (Å²) in [5.41, 5.74) is 2.20. The van der Waals surface area contributed by atoms with Crippen LogP contribution in [0.4, 0.5) is 5.95 Å². The molecule has 1 aliphatic rings. The highest BCUT2D eigenvalue weighted by Crippen LogP contribution is 2.38. The van der Waals surface area contributed by atoms with Crippen molar-refractivity contribution in [3.8, 4) is 0 Å². The van der Waals surface area contributed by atoms with E-state index in [2.05, 4.69) is 31.3 Å². The lowest BCUT2D eigenvalue weighted by atomic mass is 9.95. The van der Waals surface area contributed by atoms with E-state index in [1.54, 1.807) is 25.3 Å². The van der Waals surface area contributed by atoms with Crippen LogP contribution in [0.25, 0.3) is 5.78 Å². The van der Waals surface area contributed by atoms with Crippen LogP contribution in [0.3, 0.4) is 0 Å². The number of carbonyl (C=O) groups is 1. The van der Waals surface area contributed by atoms with Gasteiger partial charge in [0.2, 0.25) is 11.7 Å². The van der Waals surface area contributed by atoms with Gasteiger partial charge in [-0.25, -0.2) is 9.78 Å².